The summed E-state index contributed by atoms with van der Waals surface area (Å²) in [6.45, 7) is 2.07. The lowest BCUT2D eigenvalue weighted by molar-refractivity contribution is -0.133. The van der Waals surface area contributed by atoms with Crippen molar-refractivity contribution >= 4 is 23.7 Å². The second-order valence-corrected chi connectivity index (χ2v) is 6.41. The highest BCUT2D eigenvalue weighted by atomic mass is 32.2. The number of nitrogens with zero attached hydrogens (tertiary/aromatic N) is 4. The topological polar surface area (TPSA) is 71.2 Å². The third kappa shape index (κ3) is 3.08. The first-order valence-corrected chi connectivity index (χ1v) is 8.28. The SMILES string of the molecule is O=C(O)CSc1nnc(N2CCCCCC2)n1C1CC1. The van der Waals surface area contributed by atoms with Gasteiger partial charge in [-0.15, -0.1) is 10.2 Å². The Labute approximate surface area is 122 Å². The van der Waals surface area contributed by atoms with Crippen LogP contribution in [0.5, 0.6) is 0 Å². The highest BCUT2D eigenvalue weighted by Crippen LogP contribution is 2.41. The van der Waals surface area contributed by atoms with Gasteiger partial charge in [0.25, 0.3) is 0 Å². The molecule has 0 spiro atoms. The van der Waals surface area contributed by atoms with Crippen molar-refractivity contribution in [3.8, 4) is 0 Å². The van der Waals surface area contributed by atoms with Crippen LogP contribution in [0.25, 0.3) is 0 Å². The molecule has 7 heteroatoms. The molecule has 2 aliphatic rings. The number of carboxylic acids is 1. The fraction of sp³-hybridized carbons (Fsp3) is 0.769. The molecule has 6 nitrogen and oxygen atoms in total. The minimum absolute atomic E-state index is 0.0465. The van der Waals surface area contributed by atoms with Crippen LogP contribution in [0.4, 0.5) is 5.95 Å². The van der Waals surface area contributed by atoms with Crippen LogP contribution < -0.4 is 4.90 Å². The number of rotatable bonds is 5. The highest BCUT2D eigenvalue weighted by molar-refractivity contribution is 7.99. The van der Waals surface area contributed by atoms with Gasteiger partial charge in [-0.25, -0.2) is 0 Å². The maximum Gasteiger partial charge on any atom is 0.313 e. The largest absolute Gasteiger partial charge is 0.481 e. The van der Waals surface area contributed by atoms with E-state index in [9.17, 15) is 4.79 Å². The number of carbonyl (C=O) groups is 1. The van der Waals surface area contributed by atoms with Crippen molar-refractivity contribution in [3.63, 3.8) is 0 Å². The van der Waals surface area contributed by atoms with Crippen molar-refractivity contribution < 1.29 is 9.90 Å². The molecule has 2 heterocycles. The summed E-state index contributed by atoms with van der Waals surface area (Å²) in [6.07, 6.45) is 7.28. The van der Waals surface area contributed by atoms with Gasteiger partial charge in [0, 0.05) is 19.1 Å². The molecule has 1 saturated carbocycles. The number of hydrogen-bond acceptors (Lipinski definition) is 5. The zero-order valence-corrected chi connectivity index (χ0v) is 12.3. The second-order valence-electron chi connectivity index (χ2n) is 5.47. The van der Waals surface area contributed by atoms with Crippen LogP contribution in [0, 0.1) is 0 Å². The summed E-state index contributed by atoms with van der Waals surface area (Å²) in [4.78, 5) is 13.1. The van der Waals surface area contributed by atoms with E-state index >= 15 is 0 Å². The average molecular weight is 296 g/mol. The minimum Gasteiger partial charge on any atom is -0.481 e. The van der Waals surface area contributed by atoms with E-state index in [0.717, 1.165) is 37.0 Å². The Morgan fingerprint density at radius 2 is 1.90 bits per heavy atom. The van der Waals surface area contributed by atoms with Crippen LogP contribution in [-0.2, 0) is 4.79 Å². The maximum atomic E-state index is 10.7. The molecule has 0 amide bonds. The van der Waals surface area contributed by atoms with Crippen molar-refractivity contribution in [2.45, 2.75) is 49.7 Å². The third-order valence-corrected chi connectivity index (χ3v) is 4.70. The summed E-state index contributed by atoms with van der Waals surface area (Å²) < 4.78 is 2.17. The number of thioether (sulfide) groups is 1. The van der Waals surface area contributed by atoms with Gasteiger partial charge in [0.15, 0.2) is 5.16 Å². The predicted molar refractivity (Wildman–Crippen MR) is 77.3 cm³/mol. The molecule has 1 aromatic heterocycles. The van der Waals surface area contributed by atoms with Gasteiger partial charge in [-0.05, 0) is 25.7 Å². The van der Waals surface area contributed by atoms with Gasteiger partial charge in [-0.1, -0.05) is 24.6 Å². The van der Waals surface area contributed by atoms with E-state index < -0.39 is 5.97 Å². The minimum atomic E-state index is -0.809. The van der Waals surface area contributed by atoms with Gasteiger partial charge in [-0.2, -0.15) is 0 Å². The molecular formula is C13H20N4O2S. The van der Waals surface area contributed by atoms with Gasteiger partial charge in [0.05, 0.1) is 5.75 Å². The van der Waals surface area contributed by atoms with Crippen molar-refractivity contribution in [2.75, 3.05) is 23.7 Å². The zero-order chi connectivity index (χ0) is 13.9. The van der Waals surface area contributed by atoms with E-state index in [-0.39, 0.29) is 5.75 Å². The van der Waals surface area contributed by atoms with Crippen LogP contribution in [0.1, 0.15) is 44.6 Å². The molecule has 1 saturated heterocycles. The molecule has 1 aliphatic carbocycles. The van der Waals surface area contributed by atoms with Gasteiger partial charge < -0.3 is 10.0 Å². The Morgan fingerprint density at radius 1 is 1.20 bits per heavy atom. The van der Waals surface area contributed by atoms with Gasteiger partial charge in [-0.3, -0.25) is 9.36 Å². The quantitative estimate of drug-likeness (QED) is 0.840. The fourth-order valence-electron chi connectivity index (χ4n) is 2.63. The van der Waals surface area contributed by atoms with Crippen molar-refractivity contribution in [2.24, 2.45) is 0 Å². The Kier molecular flexibility index (Phi) is 4.14. The van der Waals surface area contributed by atoms with Gasteiger partial charge in [0.1, 0.15) is 0 Å². The predicted octanol–water partition coefficient (Wildman–Crippen LogP) is 2.17. The summed E-state index contributed by atoms with van der Waals surface area (Å²) in [5, 5.41) is 18.2. The van der Waals surface area contributed by atoms with Crippen LogP contribution in [0.2, 0.25) is 0 Å². The van der Waals surface area contributed by atoms with Crippen LogP contribution in [0.15, 0.2) is 5.16 Å². The van der Waals surface area contributed by atoms with Crippen molar-refractivity contribution in [1.29, 1.82) is 0 Å². The molecule has 0 atom stereocenters. The highest BCUT2D eigenvalue weighted by Gasteiger charge is 2.31. The number of hydrogen-bond donors (Lipinski definition) is 1. The first-order chi connectivity index (χ1) is 9.75. The molecule has 0 radical (unpaired) electrons. The summed E-state index contributed by atoms with van der Waals surface area (Å²) >= 11 is 1.28. The zero-order valence-electron chi connectivity index (χ0n) is 11.5. The summed E-state index contributed by atoms with van der Waals surface area (Å²) in [5.41, 5.74) is 0. The van der Waals surface area contributed by atoms with Crippen LogP contribution >= 0.6 is 11.8 Å². The number of aromatic nitrogens is 3. The van der Waals surface area contributed by atoms with E-state index in [1.54, 1.807) is 0 Å². The van der Waals surface area contributed by atoms with Crippen molar-refractivity contribution in [1.82, 2.24) is 14.8 Å². The molecule has 0 aromatic carbocycles. The Bertz CT molecular complexity index is 479. The average Bonchev–Trinajstić information content (AvgIpc) is 3.22. The van der Waals surface area contributed by atoms with E-state index in [2.05, 4.69) is 19.7 Å². The Hall–Kier alpha value is -1.24. The van der Waals surface area contributed by atoms with Crippen LogP contribution in [0.3, 0.4) is 0 Å². The molecule has 1 aliphatic heterocycles. The lowest BCUT2D eigenvalue weighted by Crippen LogP contribution is -2.27. The second kappa shape index (κ2) is 6.03. The van der Waals surface area contributed by atoms with Crippen molar-refractivity contribution in [3.05, 3.63) is 0 Å². The molecule has 110 valence electrons. The smallest absolute Gasteiger partial charge is 0.313 e. The first-order valence-electron chi connectivity index (χ1n) is 7.30. The van der Waals surface area contributed by atoms with Crippen LogP contribution in [-0.4, -0.2) is 44.7 Å². The first kappa shape index (κ1) is 13.7. The molecule has 3 rings (SSSR count). The normalized spacial score (nSPS) is 19.9. The fourth-order valence-corrected chi connectivity index (χ4v) is 3.35. The number of carboxylic acid groups (broad SMARTS) is 1. The lowest BCUT2D eigenvalue weighted by atomic mass is 10.2. The van der Waals surface area contributed by atoms with E-state index in [0.29, 0.717) is 6.04 Å². The lowest BCUT2D eigenvalue weighted by Gasteiger charge is -2.22. The maximum absolute atomic E-state index is 10.7. The monoisotopic (exact) mass is 296 g/mol. The molecular weight excluding hydrogens is 276 g/mol. The number of anilines is 1. The third-order valence-electron chi connectivity index (χ3n) is 3.77. The van der Waals surface area contributed by atoms with E-state index in [4.69, 9.17) is 5.11 Å². The standard InChI is InChI=1S/C13H20N4O2S/c18-11(19)9-20-13-15-14-12(17(13)10-5-6-10)16-7-3-1-2-4-8-16/h10H,1-9H2,(H,18,19). The van der Waals surface area contributed by atoms with E-state index in [1.165, 1.54) is 37.4 Å². The summed E-state index contributed by atoms with van der Waals surface area (Å²) in [5.74, 6) is 0.184. The van der Waals surface area contributed by atoms with Gasteiger partial charge >= 0.3 is 5.97 Å². The Balaban J connectivity index is 1.80. The molecule has 20 heavy (non-hydrogen) atoms. The molecule has 2 fully saturated rings. The molecule has 0 bridgehead atoms. The van der Waals surface area contributed by atoms with E-state index in [1.807, 2.05) is 0 Å². The number of aliphatic carboxylic acids is 1. The van der Waals surface area contributed by atoms with Gasteiger partial charge in [0.2, 0.25) is 5.95 Å². The molecule has 1 aromatic rings. The summed E-state index contributed by atoms with van der Waals surface area (Å²) in [7, 11) is 0. The molecule has 1 N–H and O–H groups in total. The molecule has 0 unspecified atom stereocenters. The summed E-state index contributed by atoms with van der Waals surface area (Å²) in [6, 6.07) is 0.472. The Morgan fingerprint density at radius 3 is 2.50 bits per heavy atom.